The summed E-state index contributed by atoms with van der Waals surface area (Å²) < 4.78 is 4.77. The number of carbonyl (C=O) groups excluding carboxylic acids is 4. The molecule has 128 valence electrons. The molecule has 3 unspecified atom stereocenters. The van der Waals surface area contributed by atoms with E-state index >= 15 is 0 Å². The summed E-state index contributed by atoms with van der Waals surface area (Å²) in [6.45, 7) is 1.93. The zero-order chi connectivity index (χ0) is 17.7. The van der Waals surface area contributed by atoms with Crippen LogP contribution in [-0.4, -0.2) is 30.4 Å². The first kappa shape index (κ1) is 18.0. The molecule has 1 aliphatic carbocycles. The van der Waals surface area contributed by atoms with Gasteiger partial charge in [0, 0.05) is 18.8 Å². The molecule has 1 aromatic carbocycles. The number of unbranched alkanes of at least 4 members (excludes halogenated alkanes) is 1. The molecule has 0 aromatic heterocycles. The van der Waals surface area contributed by atoms with E-state index in [1.54, 1.807) is 24.3 Å². The van der Waals surface area contributed by atoms with E-state index in [0.717, 1.165) is 12.0 Å². The van der Waals surface area contributed by atoms with Crippen LogP contribution in [0.25, 0.3) is 0 Å². The van der Waals surface area contributed by atoms with E-state index in [0.29, 0.717) is 6.42 Å². The summed E-state index contributed by atoms with van der Waals surface area (Å²) in [6, 6.07) is 8.95. The van der Waals surface area contributed by atoms with Crippen molar-refractivity contribution in [2.24, 2.45) is 11.8 Å². The van der Waals surface area contributed by atoms with Crippen LogP contribution in [0.1, 0.15) is 44.1 Å². The summed E-state index contributed by atoms with van der Waals surface area (Å²) in [5.74, 6) is -5.08. The number of esters is 1. The topological polar surface area (TPSA) is 77.5 Å². The Labute approximate surface area is 141 Å². The van der Waals surface area contributed by atoms with E-state index in [1.165, 1.54) is 7.11 Å². The van der Waals surface area contributed by atoms with Gasteiger partial charge in [-0.1, -0.05) is 43.7 Å². The van der Waals surface area contributed by atoms with Crippen molar-refractivity contribution in [3.63, 3.8) is 0 Å². The van der Waals surface area contributed by atoms with Gasteiger partial charge in [0.15, 0.2) is 17.3 Å². The number of methoxy groups -OCH3 is 1. The van der Waals surface area contributed by atoms with Gasteiger partial charge < -0.3 is 4.74 Å². The number of benzene rings is 1. The number of hydrogen-bond donors (Lipinski definition) is 0. The Hall–Kier alpha value is -2.30. The molecule has 0 aliphatic heterocycles. The molecule has 0 saturated heterocycles. The van der Waals surface area contributed by atoms with E-state index in [1.807, 2.05) is 13.0 Å². The van der Waals surface area contributed by atoms with E-state index in [9.17, 15) is 19.2 Å². The first-order valence-corrected chi connectivity index (χ1v) is 8.23. The van der Waals surface area contributed by atoms with Gasteiger partial charge in [-0.2, -0.15) is 0 Å². The van der Waals surface area contributed by atoms with Gasteiger partial charge in [-0.3, -0.25) is 19.2 Å². The Morgan fingerprint density at radius 3 is 2.42 bits per heavy atom. The highest BCUT2D eigenvalue weighted by Crippen LogP contribution is 2.38. The first-order chi connectivity index (χ1) is 11.5. The molecule has 5 nitrogen and oxygen atoms in total. The molecule has 1 fully saturated rings. The van der Waals surface area contributed by atoms with Crippen LogP contribution in [0, 0.1) is 11.8 Å². The van der Waals surface area contributed by atoms with Crippen molar-refractivity contribution in [3.8, 4) is 0 Å². The van der Waals surface area contributed by atoms with Crippen LogP contribution in [0.15, 0.2) is 30.3 Å². The lowest BCUT2D eigenvalue weighted by atomic mass is 9.68. The third kappa shape index (κ3) is 3.61. The normalized spacial score (nSPS) is 23.8. The molecular weight excluding hydrogens is 308 g/mol. The number of hydrogen-bond acceptors (Lipinski definition) is 5. The van der Waals surface area contributed by atoms with Gasteiger partial charge in [0.25, 0.3) is 0 Å². The second-order valence-corrected chi connectivity index (χ2v) is 6.09. The van der Waals surface area contributed by atoms with Crippen LogP contribution in [-0.2, 0) is 23.9 Å². The lowest BCUT2D eigenvalue weighted by Gasteiger charge is -2.32. The van der Waals surface area contributed by atoms with Gasteiger partial charge in [-0.25, -0.2) is 0 Å². The zero-order valence-electron chi connectivity index (χ0n) is 14.0. The number of ketones is 3. The molecule has 2 rings (SSSR count). The van der Waals surface area contributed by atoms with Crippen molar-refractivity contribution in [3.05, 3.63) is 35.9 Å². The van der Waals surface area contributed by atoms with Crippen LogP contribution in [0.2, 0.25) is 0 Å². The first-order valence-electron chi connectivity index (χ1n) is 8.23. The summed E-state index contributed by atoms with van der Waals surface area (Å²) in [5.41, 5.74) is 0.731. The van der Waals surface area contributed by atoms with Crippen molar-refractivity contribution < 1.29 is 23.9 Å². The smallest absolute Gasteiger partial charge is 0.316 e. The Bertz CT molecular complexity index is 634. The van der Waals surface area contributed by atoms with Crippen LogP contribution in [0.3, 0.4) is 0 Å². The standard InChI is InChI=1S/C19H22O5/c1-3-4-10-14(20)17-15(21)11-13(12-8-6-5-7-9-12)16(18(17)22)19(23)24-2/h5-9,13,16-17H,3-4,10-11H2,1-2H3. The summed E-state index contributed by atoms with van der Waals surface area (Å²) in [5, 5.41) is 0. The Kier molecular flexibility index (Phi) is 6.01. The van der Waals surface area contributed by atoms with Crippen molar-refractivity contribution in [1.82, 2.24) is 0 Å². The fourth-order valence-corrected chi connectivity index (χ4v) is 3.24. The van der Waals surface area contributed by atoms with E-state index in [4.69, 9.17) is 4.74 Å². The minimum absolute atomic E-state index is 0.00193. The largest absolute Gasteiger partial charge is 0.468 e. The molecular formula is C19H22O5. The minimum atomic E-state index is -1.32. The molecule has 5 heteroatoms. The number of Topliss-reactive ketones (excluding diaryl/α,β-unsaturated/α-hetero) is 3. The molecule has 1 aromatic rings. The quantitative estimate of drug-likeness (QED) is 0.591. The Morgan fingerprint density at radius 2 is 1.83 bits per heavy atom. The van der Waals surface area contributed by atoms with Gasteiger partial charge >= 0.3 is 5.97 Å². The summed E-state index contributed by atoms with van der Waals surface area (Å²) in [4.78, 5) is 49.7. The molecule has 0 radical (unpaired) electrons. The van der Waals surface area contributed by atoms with Gasteiger partial charge in [-0.05, 0) is 12.0 Å². The average molecular weight is 330 g/mol. The Balaban J connectivity index is 2.34. The lowest BCUT2D eigenvalue weighted by molar-refractivity contribution is -0.156. The summed E-state index contributed by atoms with van der Waals surface area (Å²) in [7, 11) is 1.21. The van der Waals surface area contributed by atoms with Crippen LogP contribution < -0.4 is 0 Å². The van der Waals surface area contributed by atoms with E-state index in [2.05, 4.69) is 0 Å². The van der Waals surface area contributed by atoms with Crippen molar-refractivity contribution in [2.75, 3.05) is 7.11 Å². The molecule has 1 aliphatic rings. The zero-order valence-corrected chi connectivity index (χ0v) is 14.0. The highest BCUT2D eigenvalue weighted by Gasteiger charge is 2.50. The van der Waals surface area contributed by atoms with Gasteiger partial charge in [0.1, 0.15) is 11.8 Å². The van der Waals surface area contributed by atoms with Gasteiger partial charge in [0.05, 0.1) is 7.11 Å². The fraction of sp³-hybridized carbons (Fsp3) is 0.474. The molecule has 0 amide bonds. The summed E-state index contributed by atoms with van der Waals surface area (Å²) >= 11 is 0. The van der Waals surface area contributed by atoms with Crippen LogP contribution in [0.5, 0.6) is 0 Å². The van der Waals surface area contributed by atoms with Crippen molar-refractivity contribution in [2.45, 2.75) is 38.5 Å². The average Bonchev–Trinajstić information content (AvgIpc) is 2.59. The molecule has 0 heterocycles. The SMILES string of the molecule is CCCCC(=O)C1C(=O)CC(c2ccccc2)C(C(=O)OC)C1=O. The second-order valence-electron chi connectivity index (χ2n) is 6.09. The third-order valence-corrected chi connectivity index (χ3v) is 4.52. The summed E-state index contributed by atoms with van der Waals surface area (Å²) in [6.07, 6.45) is 1.61. The number of ether oxygens (including phenoxy) is 1. The highest BCUT2D eigenvalue weighted by molar-refractivity contribution is 6.25. The minimum Gasteiger partial charge on any atom is -0.468 e. The predicted octanol–water partition coefficient (Wildman–Crippen LogP) is 2.48. The van der Waals surface area contributed by atoms with Crippen LogP contribution >= 0.6 is 0 Å². The monoisotopic (exact) mass is 330 g/mol. The van der Waals surface area contributed by atoms with Crippen molar-refractivity contribution >= 4 is 23.3 Å². The van der Waals surface area contributed by atoms with Crippen LogP contribution in [0.4, 0.5) is 0 Å². The highest BCUT2D eigenvalue weighted by atomic mass is 16.5. The van der Waals surface area contributed by atoms with Gasteiger partial charge in [-0.15, -0.1) is 0 Å². The Morgan fingerprint density at radius 1 is 1.17 bits per heavy atom. The lowest BCUT2D eigenvalue weighted by Crippen LogP contribution is -2.47. The maximum atomic E-state index is 12.8. The number of rotatable bonds is 6. The maximum absolute atomic E-state index is 12.8. The van der Waals surface area contributed by atoms with E-state index in [-0.39, 0.29) is 18.6 Å². The fourth-order valence-electron chi connectivity index (χ4n) is 3.24. The molecule has 3 atom stereocenters. The molecule has 0 bridgehead atoms. The third-order valence-electron chi connectivity index (χ3n) is 4.52. The molecule has 0 spiro atoms. The van der Waals surface area contributed by atoms with Gasteiger partial charge in [0.2, 0.25) is 0 Å². The molecule has 24 heavy (non-hydrogen) atoms. The van der Waals surface area contributed by atoms with Crippen molar-refractivity contribution in [1.29, 1.82) is 0 Å². The van der Waals surface area contributed by atoms with E-state index < -0.39 is 35.3 Å². The molecule has 1 saturated carbocycles. The number of carbonyl (C=O) groups is 4. The maximum Gasteiger partial charge on any atom is 0.316 e. The predicted molar refractivity (Wildman–Crippen MR) is 87.3 cm³/mol. The molecule has 0 N–H and O–H groups in total. The second kappa shape index (κ2) is 7.99.